The van der Waals surface area contributed by atoms with E-state index in [4.69, 9.17) is 28.4 Å². The minimum Gasteiger partial charge on any atom is -0.394 e. The molecule has 12 N–H and O–H groups in total. The lowest BCUT2D eigenvalue weighted by Crippen LogP contribution is -2.66. The number of amides is 1. The van der Waals surface area contributed by atoms with Gasteiger partial charge in [0.05, 0.1) is 38.6 Å². The normalized spacial score (nSPS) is 30.5. The van der Waals surface area contributed by atoms with Crippen LogP contribution in [0.25, 0.3) is 0 Å². The van der Waals surface area contributed by atoms with Crippen LogP contribution in [0.5, 0.6) is 0 Å². The molecular formula is C62H103NO18. The summed E-state index contributed by atoms with van der Waals surface area (Å²) < 4.78 is 34.2. The van der Waals surface area contributed by atoms with Gasteiger partial charge in [-0.25, -0.2) is 0 Å². The van der Waals surface area contributed by atoms with Crippen LogP contribution in [-0.4, -0.2) is 193 Å². The van der Waals surface area contributed by atoms with Crippen molar-refractivity contribution in [1.29, 1.82) is 0 Å². The van der Waals surface area contributed by atoms with Crippen LogP contribution in [0.15, 0.2) is 97.2 Å². The fraction of sp³-hybridized carbons (Fsp3) is 0.726. The smallest absolute Gasteiger partial charge is 0.220 e. The molecule has 81 heavy (non-hydrogen) atoms. The lowest BCUT2D eigenvalue weighted by atomic mass is 9.96. The van der Waals surface area contributed by atoms with Crippen molar-refractivity contribution in [1.82, 2.24) is 5.32 Å². The van der Waals surface area contributed by atoms with Crippen molar-refractivity contribution in [2.24, 2.45) is 0 Å². The molecule has 17 unspecified atom stereocenters. The topological polar surface area (TPSA) is 307 Å². The van der Waals surface area contributed by atoms with Crippen molar-refractivity contribution >= 4 is 5.91 Å². The highest BCUT2D eigenvalue weighted by atomic mass is 16.8. The molecule has 3 saturated heterocycles. The van der Waals surface area contributed by atoms with Crippen LogP contribution in [0.2, 0.25) is 0 Å². The van der Waals surface area contributed by atoms with Crippen LogP contribution < -0.4 is 5.32 Å². The molecule has 3 fully saturated rings. The molecular weight excluding hydrogens is 1050 g/mol. The molecule has 0 bridgehead atoms. The van der Waals surface area contributed by atoms with E-state index >= 15 is 0 Å². The first-order valence-electron chi connectivity index (χ1n) is 30.0. The first-order chi connectivity index (χ1) is 39.3. The number of hydrogen-bond donors (Lipinski definition) is 12. The maximum absolute atomic E-state index is 13.3. The summed E-state index contributed by atoms with van der Waals surface area (Å²) in [6.45, 7) is 1.55. The molecule has 0 aromatic heterocycles. The van der Waals surface area contributed by atoms with Crippen LogP contribution >= 0.6 is 0 Å². The van der Waals surface area contributed by atoms with Gasteiger partial charge < -0.3 is 89.9 Å². The third-order valence-electron chi connectivity index (χ3n) is 14.4. The Morgan fingerprint density at radius 3 is 1.33 bits per heavy atom. The van der Waals surface area contributed by atoms with E-state index < -0.39 is 124 Å². The first-order valence-corrected chi connectivity index (χ1v) is 30.0. The van der Waals surface area contributed by atoms with Gasteiger partial charge in [0.25, 0.3) is 0 Å². The van der Waals surface area contributed by atoms with Gasteiger partial charge in [0.2, 0.25) is 5.91 Å². The molecule has 464 valence electrons. The fourth-order valence-electron chi connectivity index (χ4n) is 9.50. The molecule has 0 aliphatic carbocycles. The highest BCUT2D eigenvalue weighted by molar-refractivity contribution is 5.76. The van der Waals surface area contributed by atoms with Crippen LogP contribution in [0.4, 0.5) is 0 Å². The van der Waals surface area contributed by atoms with Gasteiger partial charge in [-0.3, -0.25) is 4.79 Å². The summed E-state index contributed by atoms with van der Waals surface area (Å²) in [4.78, 5) is 13.3. The average Bonchev–Trinajstić information content (AvgIpc) is 3.48. The van der Waals surface area contributed by atoms with Gasteiger partial charge in [-0.15, -0.1) is 0 Å². The molecule has 0 aromatic rings. The number of rotatable bonds is 42. The van der Waals surface area contributed by atoms with Crippen molar-refractivity contribution < 1.29 is 89.4 Å². The zero-order valence-corrected chi connectivity index (χ0v) is 48.2. The van der Waals surface area contributed by atoms with Crippen molar-refractivity contribution in [2.45, 2.75) is 259 Å². The average molecular weight is 1150 g/mol. The van der Waals surface area contributed by atoms with Crippen LogP contribution in [0.1, 0.15) is 155 Å². The Bertz CT molecular complexity index is 1850. The maximum Gasteiger partial charge on any atom is 0.220 e. The van der Waals surface area contributed by atoms with Crippen molar-refractivity contribution in [3.05, 3.63) is 97.2 Å². The van der Waals surface area contributed by atoms with Gasteiger partial charge in [0.15, 0.2) is 18.9 Å². The van der Waals surface area contributed by atoms with E-state index in [0.717, 1.165) is 109 Å². The molecule has 3 aliphatic rings. The van der Waals surface area contributed by atoms with E-state index in [1.54, 1.807) is 0 Å². The Hall–Kier alpha value is -3.29. The second-order valence-corrected chi connectivity index (χ2v) is 21.1. The van der Waals surface area contributed by atoms with Gasteiger partial charge in [-0.05, 0) is 77.0 Å². The Labute approximate surface area is 482 Å². The third-order valence-corrected chi connectivity index (χ3v) is 14.4. The quantitative estimate of drug-likeness (QED) is 0.0270. The summed E-state index contributed by atoms with van der Waals surface area (Å²) in [6.07, 6.45) is 28.2. The summed E-state index contributed by atoms with van der Waals surface area (Å²) in [5, 5.41) is 120. The molecule has 0 radical (unpaired) electrons. The molecule has 3 aliphatic heterocycles. The van der Waals surface area contributed by atoms with E-state index in [-0.39, 0.29) is 18.9 Å². The number of aliphatic hydroxyl groups is 11. The molecule has 1 amide bonds. The number of allylic oxidation sites excluding steroid dienone is 16. The second kappa shape index (κ2) is 44.2. The molecule has 0 aromatic carbocycles. The number of carbonyl (C=O) groups excluding carboxylic acids is 1. The molecule has 19 heteroatoms. The Kier molecular flexibility index (Phi) is 39.3. The zero-order valence-electron chi connectivity index (χ0n) is 48.2. The number of carbonyl (C=O) groups is 1. The van der Waals surface area contributed by atoms with Gasteiger partial charge in [0, 0.05) is 6.42 Å². The molecule has 0 spiro atoms. The lowest BCUT2D eigenvalue weighted by molar-refractivity contribution is -0.379. The Balaban J connectivity index is 1.40. The van der Waals surface area contributed by atoms with Crippen LogP contribution in [0.3, 0.4) is 0 Å². The summed E-state index contributed by atoms with van der Waals surface area (Å²) in [5.74, 6) is -0.278. The minimum absolute atomic E-state index is 0.229. The molecule has 3 rings (SSSR count). The number of unbranched alkanes of at least 4 members (excludes halogenated alkanes) is 10. The van der Waals surface area contributed by atoms with Crippen molar-refractivity contribution in [2.75, 3.05) is 26.4 Å². The maximum atomic E-state index is 13.3. The van der Waals surface area contributed by atoms with E-state index in [1.807, 2.05) is 0 Å². The van der Waals surface area contributed by atoms with E-state index in [0.29, 0.717) is 19.3 Å². The Morgan fingerprint density at radius 1 is 0.457 bits per heavy atom. The van der Waals surface area contributed by atoms with E-state index in [2.05, 4.69) is 116 Å². The summed E-state index contributed by atoms with van der Waals surface area (Å²) in [6, 6.07) is -0.905. The Morgan fingerprint density at radius 2 is 0.852 bits per heavy atom. The highest BCUT2D eigenvalue weighted by Crippen LogP contribution is 2.33. The first kappa shape index (κ1) is 72.0. The molecule has 17 atom stereocenters. The van der Waals surface area contributed by atoms with Crippen molar-refractivity contribution in [3.63, 3.8) is 0 Å². The predicted molar refractivity (Wildman–Crippen MR) is 309 cm³/mol. The van der Waals surface area contributed by atoms with Gasteiger partial charge >= 0.3 is 0 Å². The van der Waals surface area contributed by atoms with Crippen LogP contribution in [-0.2, 0) is 33.2 Å². The number of aliphatic hydroxyl groups excluding tert-OH is 11. The zero-order chi connectivity index (χ0) is 59.0. The summed E-state index contributed by atoms with van der Waals surface area (Å²) in [5.41, 5.74) is 0. The minimum atomic E-state index is -1.98. The lowest BCUT2D eigenvalue weighted by Gasteiger charge is -2.48. The fourth-order valence-corrected chi connectivity index (χ4v) is 9.50. The van der Waals surface area contributed by atoms with E-state index in [9.17, 15) is 61.0 Å². The second-order valence-electron chi connectivity index (χ2n) is 21.1. The highest BCUT2D eigenvalue weighted by Gasteiger charge is 2.53. The predicted octanol–water partition coefficient (Wildman–Crippen LogP) is 5.37. The SMILES string of the molecule is CC/C=C\C/C=C\C/C=C\C/C=C\C/C=C\C/C=C\C/C=C\C/C=C\CCCCCCC(=O)NC(COC1OC(CO)C(OC2OC(CO)C(OC3OC(CO)C(O)C(O)C3O)C(O)C2O)C(O)C1O)C(O)CCCCCCCCC. The summed E-state index contributed by atoms with van der Waals surface area (Å²) >= 11 is 0. The standard InChI is InChI=1S/C62H103NO18/c1-3-5-7-9-11-12-13-14-15-16-17-18-19-20-21-22-23-24-25-26-27-28-29-30-31-32-34-36-38-40-50(68)63-45(46(67)39-37-35-33-10-8-6-4-2)44-76-60-56(74)53(71)58(48(42-65)78-60)81-62-57(75)54(72)59(49(43-66)79-62)80-61-55(73)52(70)51(69)47(41-64)77-61/h5,7,11-12,14-15,17-18,20-21,23-24,26-27,29-30,45-49,51-62,64-67,69-75H,3-4,6,8-10,13,16,19,22,25,28,31-44H2,1-2H3,(H,63,68)/b7-5-,12-11-,15-14-,18-17-,21-20-,24-23-,27-26-,30-29-. The van der Waals surface area contributed by atoms with Gasteiger partial charge in [0.1, 0.15) is 73.2 Å². The van der Waals surface area contributed by atoms with Crippen LogP contribution in [0, 0.1) is 0 Å². The number of ether oxygens (including phenoxy) is 6. The molecule has 0 saturated carbocycles. The van der Waals surface area contributed by atoms with Crippen molar-refractivity contribution in [3.8, 4) is 0 Å². The summed E-state index contributed by atoms with van der Waals surface area (Å²) in [7, 11) is 0. The monoisotopic (exact) mass is 1150 g/mol. The number of hydrogen-bond acceptors (Lipinski definition) is 18. The van der Waals surface area contributed by atoms with Gasteiger partial charge in [-0.1, -0.05) is 169 Å². The number of nitrogens with one attached hydrogen (secondary N) is 1. The molecule has 19 nitrogen and oxygen atoms in total. The van der Waals surface area contributed by atoms with E-state index in [1.165, 1.54) is 6.42 Å². The van der Waals surface area contributed by atoms with Gasteiger partial charge in [-0.2, -0.15) is 0 Å². The molecule has 3 heterocycles. The largest absolute Gasteiger partial charge is 0.394 e. The third kappa shape index (κ3) is 28.0.